The maximum absolute atomic E-state index is 2.49. The summed E-state index contributed by atoms with van der Waals surface area (Å²) in [4.78, 5) is 0. The standard InChI is InChI=1S/3C7H15.Al.H2O.H2/c3*1-4-7(5-2)6-3;;;/h3*4-6H2,1-3H3;;1H2;1H/q;;;-1;;. The molecule has 0 aliphatic carbocycles. The molecule has 0 spiro atoms. The Hall–Kier alpha value is 0.492. The van der Waals surface area contributed by atoms with Crippen LogP contribution in [-0.4, -0.2) is 19.6 Å². The molecular formula is C21H49AlO-. The Balaban J connectivity index is -0.00000220. The van der Waals surface area contributed by atoms with E-state index in [9.17, 15) is 0 Å². The van der Waals surface area contributed by atoms with Gasteiger partial charge >= 0.3 is 0 Å². The molecule has 143 valence electrons. The molecule has 0 bridgehead atoms. The monoisotopic (exact) mass is 344 g/mol. The predicted molar refractivity (Wildman–Crippen MR) is 112 cm³/mol. The van der Waals surface area contributed by atoms with Crippen molar-refractivity contribution in [3.05, 3.63) is 0 Å². The van der Waals surface area contributed by atoms with Crippen LogP contribution in [0.3, 0.4) is 0 Å². The number of hydrogen-bond acceptors (Lipinski definition) is 0. The molecular weight excluding hydrogens is 295 g/mol. The fraction of sp³-hybridized carbons (Fsp3) is 1.00. The van der Waals surface area contributed by atoms with Crippen LogP contribution >= 0.6 is 0 Å². The quantitative estimate of drug-likeness (QED) is 0.323. The average molecular weight is 345 g/mol. The second kappa shape index (κ2) is 11.2. The van der Waals surface area contributed by atoms with Crippen molar-refractivity contribution in [2.45, 2.75) is 133 Å². The van der Waals surface area contributed by atoms with Gasteiger partial charge in [-0.1, -0.05) is 120 Å². The molecule has 0 aliphatic rings. The van der Waals surface area contributed by atoms with E-state index in [4.69, 9.17) is 0 Å². The fourth-order valence-electron chi connectivity index (χ4n) is 6.04. The van der Waals surface area contributed by atoms with E-state index in [2.05, 4.69) is 62.3 Å². The molecule has 0 rings (SSSR count). The zero-order valence-corrected chi connectivity index (χ0v) is 19.1. The average Bonchev–Trinajstić information content (AvgIpc) is 2.60. The summed E-state index contributed by atoms with van der Waals surface area (Å²) in [7, 11) is 0. The lowest BCUT2D eigenvalue weighted by Gasteiger charge is -2.68. The third-order valence-electron chi connectivity index (χ3n) is 8.17. The molecule has 0 aromatic rings. The normalized spacial score (nSPS) is 13.3. The van der Waals surface area contributed by atoms with Crippen LogP contribution in [0.15, 0.2) is 0 Å². The van der Waals surface area contributed by atoms with E-state index >= 15 is 0 Å². The van der Waals surface area contributed by atoms with E-state index in [-0.39, 0.29) is 6.90 Å². The summed E-state index contributed by atoms with van der Waals surface area (Å²) in [5, 5.41) is 0. The van der Waals surface area contributed by atoms with Gasteiger partial charge in [0.1, 0.15) is 0 Å². The van der Waals surface area contributed by atoms with Crippen LogP contribution in [0, 0.1) is 0 Å². The lowest BCUT2D eigenvalue weighted by molar-refractivity contribution is 0.356. The molecule has 0 heterocycles. The van der Waals surface area contributed by atoms with E-state index < -0.39 is 14.1 Å². The third kappa shape index (κ3) is 4.56. The fourth-order valence-corrected chi connectivity index (χ4v) is 13.6. The van der Waals surface area contributed by atoms with Crippen LogP contribution in [0.2, 0.25) is 12.8 Å². The first-order valence-corrected chi connectivity index (χ1v) is 12.1. The van der Waals surface area contributed by atoms with Gasteiger partial charge in [-0.3, -0.25) is 0 Å². The summed E-state index contributed by atoms with van der Waals surface area (Å²) in [5.74, 6) is 0. The second-order valence-corrected chi connectivity index (χ2v) is 12.2. The van der Waals surface area contributed by atoms with Gasteiger partial charge < -0.3 is 5.48 Å². The van der Waals surface area contributed by atoms with Gasteiger partial charge in [0.2, 0.25) is 0 Å². The van der Waals surface area contributed by atoms with E-state index in [1.54, 1.807) is 0 Å². The Labute approximate surface area is 154 Å². The van der Waals surface area contributed by atoms with Crippen molar-refractivity contribution in [2.24, 2.45) is 0 Å². The largest absolute Gasteiger partial charge is 0.412 e. The lowest BCUT2D eigenvalue weighted by atomic mass is 9.94. The molecule has 0 unspecified atom stereocenters. The van der Waals surface area contributed by atoms with Gasteiger partial charge in [0.25, 0.3) is 0 Å². The summed E-state index contributed by atoms with van der Waals surface area (Å²) in [6.45, 7) is 22.4. The van der Waals surface area contributed by atoms with Gasteiger partial charge in [0.05, 0.1) is 0 Å². The third-order valence-corrected chi connectivity index (χ3v) is 15.5. The zero-order valence-electron chi connectivity index (χ0n) is 17.9. The molecule has 0 aromatic carbocycles. The van der Waals surface area contributed by atoms with Gasteiger partial charge in [-0.15, -0.1) is 0 Å². The molecule has 0 atom stereocenters. The first-order valence-electron chi connectivity index (χ1n) is 10.4. The van der Waals surface area contributed by atoms with Crippen LogP contribution in [0.4, 0.5) is 0 Å². The van der Waals surface area contributed by atoms with Crippen molar-refractivity contribution >= 4 is 14.1 Å². The van der Waals surface area contributed by atoms with Crippen molar-refractivity contribution in [1.29, 1.82) is 0 Å². The molecule has 0 saturated heterocycles. The summed E-state index contributed by atoms with van der Waals surface area (Å²) < 4.78 is 1.97. The van der Waals surface area contributed by atoms with Crippen molar-refractivity contribution < 1.29 is 6.90 Å². The van der Waals surface area contributed by atoms with Crippen LogP contribution in [0.1, 0.15) is 122 Å². The molecule has 0 fully saturated rings. The summed E-state index contributed by atoms with van der Waals surface area (Å²) in [5.41, 5.74) is 0. The summed E-state index contributed by atoms with van der Waals surface area (Å²) in [6, 6.07) is 0. The predicted octanol–water partition coefficient (Wildman–Crippen LogP) is 7.81. The van der Waals surface area contributed by atoms with Crippen LogP contribution in [-0.2, 0) is 0 Å². The van der Waals surface area contributed by atoms with Gasteiger partial charge in [0.15, 0.2) is 0 Å². The van der Waals surface area contributed by atoms with Gasteiger partial charge in [-0.05, 0) is 14.1 Å². The first-order chi connectivity index (χ1) is 10.4. The van der Waals surface area contributed by atoms with Gasteiger partial charge in [-0.2, -0.15) is 0 Å². The number of rotatable bonds is 12. The summed E-state index contributed by atoms with van der Waals surface area (Å²) in [6.07, 6.45) is 12.6. The highest BCUT2D eigenvalue weighted by Gasteiger charge is 2.45. The van der Waals surface area contributed by atoms with Crippen LogP contribution < -0.4 is 0 Å². The topological polar surface area (TPSA) is 31.5 Å². The van der Waals surface area contributed by atoms with E-state index in [1.165, 1.54) is 57.8 Å². The van der Waals surface area contributed by atoms with Crippen molar-refractivity contribution in [3.63, 3.8) is 0 Å². The Morgan fingerprint density at radius 2 is 0.565 bits per heavy atom. The first kappa shape index (κ1) is 25.7. The van der Waals surface area contributed by atoms with Crippen molar-refractivity contribution in [3.8, 4) is 0 Å². The van der Waals surface area contributed by atoms with Crippen molar-refractivity contribution in [1.82, 2.24) is 0 Å². The zero-order chi connectivity index (χ0) is 17.4. The maximum atomic E-state index is 2.49. The van der Waals surface area contributed by atoms with Crippen molar-refractivity contribution in [2.75, 3.05) is 0 Å². The molecule has 0 saturated carbocycles. The van der Waals surface area contributed by atoms with E-state index in [0.29, 0.717) is 12.8 Å². The highest BCUT2D eigenvalue weighted by atomic mass is 27.2. The molecule has 0 aromatic heterocycles. The highest BCUT2D eigenvalue weighted by molar-refractivity contribution is 6.69. The Morgan fingerprint density at radius 3 is 0.652 bits per heavy atom. The minimum atomic E-state index is -0.986. The molecule has 23 heavy (non-hydrogen) atoms. The molecule has 1 radical (unpaired) electrons. The van der Waals surface area contributed by atoms with E-state index in [0.717, 1.165) is 0 Å². The van der Waals surface area contributed by atoms with Gasteiger partial charge in [-0.25, -0.2) is 12.8 Å². The maximum Gasteiger partial charge on any atom is 0 e. The van der Waals surface area contributed by atoms with E-state index in [1.807, 2.05) is 0 Å². The second-order valence-electron chi connectivity index (χ2n) is 7.70. The Kier molecular flexibility index (Phi) is 12.5. The molecule has 1 nitrogen and oxygen atoms in total. The van der Waals surface area contributed by atoms with Gasteiger partial charge in [0, 0.05) is 1.43 Å². The minimum Gasteiger partial charge on any atom is -0.412 e. The molecule has 0 amide bonds. The smallest absolute Gasteiger partial charge is 0 e. The Bertz CT molecular complexity index is 222. The lowest BCUT2D eigenvalue weighted by Crippen LogP contribution is -2.51. The molecule has 0 aliphatic heterocycles. The molecule has 2 N–H and O–H groups in total. The van der Waals surface area contributed by atoms with Crippen LogP contribution in [0.25, 0.3) is 0 Å². The summed E-state index contributed by atoms with van der Waals surface area (Å²) >= 11 is -0.986. The number of hydrogen-bond donors (Lipinski definition) is 0. The minimum absolute atomic E-state index is 0. The Morgan fingerprint density at radius 1 is 0.435 bits per heavy atom. The van der Waals surface area contributed by atoms with Crippen LogP contribution in [0.5, 0.6) is 0 Å². The highest BCUT2D eigenvalue weighted by Crippen LogP contribution is 2.65. The molecule has 2 heteroatoms. The SMILES string of the molecule is CC[C](CC)(CC)[Al-]([C](CC)(CC)CC)[C](CC)(CC)CC.O.[HH].